The van der Waals surface area contributed by atoms with Crippen LogP contribution in [0.5, 0.6) is 5.75 Å². The predicted molar refractivity (Wildman–Crippen MR) is 65.9 cm³/mol. The van der Waals surface area contributed by atoms with E-state index in [0.29, 0.717) is 5.92 Å². The number of hydrogen-bond donors (Lipinski definition) is 0. The predicted octanol–water partition coefficient (Wildman–Crippen LogP) is 3.41. The molecule has 0 heterocycles. The molecule has 88 valence electrons. The molecule has 0 radical (unpaired) electrons. The Kier molecular flexibility index (Phi) is 4.53. The molecule has 16 heavy (non-hydrogen) atoms. The monoisotopic (exact) mass is 220 g/mol. The zero-order valence-corrected chi connectivity index (χ0v) is 10.5. The number of ketones is 1. The van der Waals surface area contributed by atoms with Crippen LogP contribution >= 0.6 is 0 Å². The second kappa shape index (κ2) is 5.69. The van der Waals surface area contributed by atoms with Crippen molar-refractivity contribution in [2.75, 3.05) is 7.11 Å². The number of carbonyl (C=O) groups is 1. The summed E-state index contributed by atoms with van der Waals surface area (Å²) in [6, 6.07) is 7.78. The topological polar surface area (TPSA) is 26.3 Å². The second-order valence-corrected chi connectivity index (χ2v) is 4.57. The lowest BCUT2D eigenvalue weighted by atomic mass is 9.87. The molecular formula is C14H20O2. The molecule has 0 aliphatic heterocycles. The smallest absolute Gasteiger partial charge is 0.137 e. The van der Waals surface area contributed by atoms with Gasteiger partial charge in [0.2, 0.25) is 0 Å². The van der Waals surface area contributed by atoms with Gasteiger partial charge in [-0.1, -0.05) is 26.0 Å². The Hall–Kier alpha value is -1.31. The fourth-order valence-corrected chi connectivity index (χ4v) is 1.87. The zero-order chi connectivity index (χ0) is 12.1. The van der Waals surface area contributed by atoms with Crippen LogP contribution in [0.4, 0.5) is 0 Å². The molecule has 0 N–H and O–H groups in total. The summed E-state index contributed by atoms with van der Waals surface area (Å²) < 4.78 is 5.18. The Morgan fingerprint density at radius 1 is 1.38 bits per heavy atom. The van der Waals surface area contributed by atoms with Crippen molar-refractivity contribution in [2.45, 2.75) is 33.1 Å². The Balaban J connectivity index is 2.96. The van der Waals surface area contributed by atoms with E-state index in [1.165, 1.54) is 0 Å². The summed E-state index contributed by atoms with van der Waals surface area (Å²) in [6.45, 7) is 5.93. The van der Waals surface area contributed by atoms with E-state index in [1.807, 2.05) is 24.3 Å². The number of rotatable bonds is 5. The minimum atomic E-state index is -0.00454. The lowest BCUT2D eigenvalue weighted by Gasteiger charge is -2.17. The molecule has 0 spiro atoms. The Labute approximate surface area is 97.6 Å². The fourth-order valence-electron chi connectivity index (χ4n) is 1.87. The molecule has 0 aromatic heterocycles. The Morgan fingerprint density at radius 2 is 2.06 bits per heavy atom. The summed E-state index contributed by atoms with van der Waals surface area (Å²) in [4.78, 5) is 11.6. The highest BCUT2D eigenvalue weighted by molar-refractivity contribution is 5.83. The second-order valence-electron chi connectivity index (χ2n) is 4.57. The summed E-state index contributed by atoms with van der Waals surface area (Å²) in [5.41, 5.74) is 1.06. The maximum Gasteiger partial charge on any atom is 0.137 e. The van der Waals surface area contributed by atoms with Gasteiger partial charge in [0.05, 0.1) is 7.11 Å². The molecule has 0 aliphatic carbocycles. The molecule has 0 aliphatic rings. The van der Waals surface area contributed by atoms with Gasteiger partial charge in [0.15, 0.2) is 0 Å². The van der Waals surface area contributed by atoms with Gasteiger partial charge in [-0.3, -0.25) is 4.79 Å². The molecule has 2 nitrogen and oxygen atoms in total. The van der Waals surface area contributed by atoms with Crippen molar-refractivity contribution in [3.63, 3.8) is 0 Å². The van der Waals surface area contributed by atoms with Gasteiger partial charge in [0.1, 0.15) is 11.5 Å². The molecular weight excluding hydrogens is 200 g/mol. The van der Waals surface area contributed by atoms with Crippen LogP contribution in [-0.2, 0) is 4.79 Å². The van der Waals surface area contributed by atoms with Gasteiger partial charge >= 0.3 is 0 Å². The molecule has 1 aromatic rings. The minimum absolute atomic E-state index is 0.00454. The third kappa shape index (κ3) is 3.37. The van der Waals surface area contributed by atoms with Crippen LogP contribution < -0.4 is 4.74 Å². The van der Waals surface area contributed by atoms with Crippen LogP contribution in [0.15, 0.2) is 24.3 Å². The van der Waals surface area contributed by atoms with E-state index < -0.39 is 0 Å². The maximum absolute atomic E-state index is 11.6. The summed E-state index contributed by atoms with van der Waals surface area (Å²) in [7, 11) is 1.64. The summed E-state index contributed by atoms with van der Waals surface area (Å²) in [5, 5.41) is 0. The van der Waals surface area contributed by atoms with Crippen LogP contribution in [0.2, 0.25) is 0 Å². The van der Waals surface area contributed by atoms with E-state index in [9.17, 15) is 4.79 Å². The van der Waals surface area contributed by atoms with Crippen molar-refractivity contribution in [3.8, 4) is 5.75 Å². The van der Waals surface area contributed by atoms with Gasteiger partial charge in [-0.05, 0) is 37.0 Å². The quantitative estimate of drug-likeness (QED) is 0.760. The first-order chi connectivity index (χ1) is 7.54. The third-order valence-corrected chi connectivity index (χ3v) is 2.69. The normalized spacial score (nSPS) is 12.6. The van der Waals surface area contributed by atoms with Gasteiger partial charge in [0.25, 0.3) is 0 Å². The van der Waals surface area contributed by atoms with E-state index in [-0.39, 0.29) is 11.7 Å². The van der Waals surface area contributed by atoms with Gasteiger partial charge in [-0.2, -0.15) is 0 Å². The number of carbonyl (C=O) groups excluding carboxylic acids is 1. The molecule has 0 unspecified atom stereocenters. The van der Waals surface area contributed by atoms with Gasteiger partial charge in [-0.25, -0.2) is 0 Å². The highest BCUT2D eigenvalue weighted by atomic mass is 16.5. The van der Waals surface area contributed by atoms with Gasteiger partial charge < -0.3 is 4.74 Å². The van der Waals surface area contributed by atoms with Crippen LogP contribution in [0.1, 0.15) is 38.7 Å². The van der Waals surface area contributed by atoms with Crippen LogP contribution in [0, 0.1) is 5.92 Å². The molecule has 1 atom stereocenters. The van der Waals surface area contributed by atoms with Gasteiger partial charge in [0, 0.05) is 5.92 Å². The lowest BCUT2D eigenvalue weighted by Crippen LogP contribution is -2.11. The first-order valence-electron chi connectivity index (χ1n) is 5.69. The van der Waals surface area contributed by atoms with Crippen molar-refractivity contribution in [2.24, 2.45) is 5.92 Å². The average molecular weight is 220 g/mol. The molecule has 1 aromatic carbocycles. The minimum Gasteiger partial charge on any atom is -0.497 e. The molecule has 2 heteroatoms. The van der Waals surface area contributed by atoms with E-state index in [4.69, 9.17) is 4.74 Å². The highest BCUT2D eigenvalue weighted by Crippen LogP contribution is 2.27. The van der Waals surface area contributed by atoms with E-state index in [0.717, 1.165) is 17.7 Å². The van der Waals surface area contributed by atoms with E-state index in [2.05, 4.69) is 13.8 Å². The van der Waals surface area contributed by atoms with Crippen LogP contribution in [0.25, 0.3) is 0 Å². The number of Topliss-reactive ketones (excluding diaryl/α,β-unsaturated/α-hetero) is 1. The third-order valence-electron chi connectivity index (χ3n) is 2.69. The maximum atomic E-state index is 11.6. The molecule has 1 rings (SSSR count). The number of hydrogen-bond acceptors (Lipinski definition) is 2. The molecule has 0 saturated carbocycles. The lowest BCUT2D eigenvalue weighted by molar-refractivity contribution is -0.118. The molecule has 0 bridgehead atoms. The Bertz CT molecular complexity index is 356. The number of benzene rings is 1. The van der Waals surface area contributed by atoms with Crippen LogP contribution in [0.3, 0.4) is 0 Å². The van der Waals surface area contributed by atoms with Crippen LogP contribution in [-0.4, -0.2) is 12.9 Å². The Morgan fingerprint density at radius 3 is 2.56 bits per heavy atom. The largest absolute Gasteiger partial charge is 0.497 e. The van der Waals surface area contributed by atoms with Crippen molar-refractivity contribution in [1.29, 1.82) is 0 Å². The SMILES string of the molecule is COc1cccc([C@@H](CC(C)C)C(C)=O)c1. The van der Waals surface area contributed by atoms with Gasteiger partial charge in [-0.15, -0.1) is 0 Å². The summed E-state index contributed by atoms with van der Waals surface area (Å²) >= 11 is 0. The van der Waals surface area contributed by atoms with E-state index >= 15 is 0 Å². The first-order valence-corrected chi connectivity index (χ1v) is 5.69. The van der Waals surface area contributed by atoms with Crippen molar-refractivity contribution in [1.82, 2.24) is 0 Å². The summed E-state index contributed by atoms with van der Waals surface area (Å²) in [5.74, 6) is 1.55. The standard InChI is InChI=1S/C14H20O2/c1-10(2)8-14(11(3)15)12-6-5-7-13(9-12)16-4/h5-7,9-10,14H,8H2,1-4H3/t14-/m0/s1. The molecule has 0 saturated heterocycles. The highest BCUT2D eigenvalue weighted by Gasteiger charge is 2.18. The van der Waals surface area contributed by atoms with Crippen molar-refractivity contribution in [3.05, 3.63) is 29.8 Å². The fraction of sp³-hybridized carbons (Fsp3) is 0.500. The number of ether oxygens (including phenoxy) is 1. The molecule has 0 fully saturated rings. The molecule has 0 amide bonds. The first kappa shape index (κ1) is 12.8. The van der Waals surface area contributed by atoms with Crippen molar-refractivity contribution >= 4 is 5.78 Å². The number of methoxy groups -OCH3 is 1. The zero-order valence-electron chi connectivity index (χ0n) is 10.5. The summed E-state index contributed by atoms with van der Waals surface area (Å²) in [6.07, 6.45) is 0.891. The average Bonchev–Trinajstić information content (AvgIpc) is 2.25. The van der Waals surface area contributed by atoms with E-state index in [1.54, 1.807) is 14.0 Å². The van der Waals surface area contributed by atoms with Crippen molar-refractivity contribution < 1.29 is 9.53 Å².